The van der Waals surface area contributed by atoms with E-state index in [1.54, 1.807) is 33.5 Å². The third-order valence-electron chi connectivity index (χ3n) is 10.5. The van der Waals surface area contributed by atoms with Crippen molar-refractivity contribution in [3.8, 4) is 17.2 Å². The zero-order valence-electron chi connectivity index (χ0n) is 29.7. The Kier molecular flexibility index (Phi) is 11.4. The van der Waals surface area contributed by atoms with Crippen LogP contribution >= 0.6 is 12.4 Å². The number of imidazole rings is 2. The van der Waals surface area contributed by atoms with Gasteiger partial charge in [0.2, 0.25) is 11.7 Å². The van der Waals surface area contributed by atoms with Crippen molar-refractivity contribution >= 4 is 35.3 Å². The Balaban J connectivity index is 0.00000448. The summed E-state index contributed by atoms with van der Waals surface area (Å²) in [6, 6.07) is 22.7. The van der Waals surface area contributed by atoms with Gasteiger partial charge in [0.15, 0.2) is 11.5 Å². The predicted molar refractivity (Wildman–Crippen MR) is 202 cm³/mol. The molecule has 2 saturated heterocycles. The number of rotatable bonds is 12. The first-order valence-corrected chi connectivity index (χ1v) is 17.5. The zero-order valence-corrected chi connectivity index (χ0v) is 30.6. The average Bonchev–Trinajstić information content (AvgIpc) is 3.89. The molecule has 2 aromatic heterocycles. The van der Waals surface area contributed by atoms with Gasteiger partial charge < -0.3 is 38.0 Å². The first-order chi connectivity index (χ1) is 24.5. The number of ether oxygens (including phenoxy) is 3. The molecular weight excluding hydrogens is 666 g/mol. The molecule has 0 aliphatic carbocycles. The highest BCUT2D eigenvalue weighted by Crippen LogP contribution is 2.41. The van der Waals surface area contributed by atoms with E-state index in [-0.39, 0.29) is 23.7 Å². The predicted octanol–water partition coefficient (Wildman–Crippen LogP) is 5.77. The molecule has 2 aliphatic rings. The quantitative estimate of drug-likeness (QED) is 0.161. The van der Waals surface area contributed by atoms with Gasteiger partial charge in [0.25, 0.3) is 5.91 Å². The molecule has 2 aliphatic heterocycles. The zero-order chi connectivity index (χ0) is 34.5. The van der Waals surface area contributed by atoms with E-state index >= 15 is 0 Å². The van der Waals surface area contributed by atoms with E-state index in [2.05, 4.69) is 78.5 Å². The van der Waals surface area contributed by atoms with Crippen molar-refractivity contribution in [2.45, 2.75) is 37.8 Å². The number of aryl methyl sites for hydroxylation is 2. The topological polar surface area (TPSA) is 90.1 Å². The van der Waals surface area contributed by atoms with Crippen molar-refractivity contribution < 1.29 is 19.0 Å². The summed E-state index contributed by atoms with van der Waals surface area (Å²) in [5, 5.41) is 0. The number of hydrogen-bond donors (Lipinski definition) is 0. The van der Waals surface area contributed by atoms with Crippen LogP contribution in [0.5, 0.6) is 17.2 Å². The van der Waals surface area contributed by atoms with Gasteiger partial charge in [-0.3, -0.25) is 4.79 Å². The normalized spacial score (nSPS) is 18.0. The summed E-state index contributed by atoms with van der Waals surface area (Å²) in [6.07, 6.45) is 8.66. The van der Waals surface area contributed by atoms with E-state index in [9.17, 15) is 4.79 Å². The number of para-hydroxylation sites is 2. The fraction of sp³-hybridized carbons (Fsp3) is 0.410. The Morgan fingerprint density at radius 1 is 0.843 bits per heavy atom. The number of amides is 1. The van der Waals surface area contributed by atoms with Gasteiger partial charge in [0, 0.05) is 69.2 Å². The fourth-order valence-corrected chi connectivity index (χ4v) is 7.73. The summed E-state index contributed by atoms with van der Waals surface area (Å²) in [4.78, 5) is 30.4. The minimum absolute atomic E-state index is 0. The Morgan fingerprint density at radius 2 is 1.61 bits per heavy atom. The highest BCUT2D eigenvalue weighted by atomic mass is 35.5. The summed E-state index contributed by atoms with van der Waals surface area (Å²) in [7, 11) is 4.71. The third kappa shape index (κ3) is 7.50. The summed E-state index contributed by atoms with van der Waals surface area (Å²) < 4.78 is 21.1. The Labute approximate surface area is 306 Å². The lowest BCUT2D eigenvalue weighted by Crippen LogP contribution is -2.39. The molecule has 0 spiro atoms. The lowest BCUT2D eigenvalue weighted by molar-refractivity contribution is 0.0780. The van der Waals surface area contributed by atoms with Crippen molar-refractivity contribution in [3.05, 3.63) is 96.6 Å². The number of aromatic nitrogens is 4. The van der Waals surface area contributed by atoms with Crippen molar-refractivity contribution in [1.29, 1.82) is 0 Å². The van der Waals surface area contributed by atoms with Crippen LogP contribution < -0.4 is 19.1 Å². The molecule has 0 N–H and O–H groups in total. The highest BCUT2D eigenvalue weighted by Gasteiger charge is 2.42. The molecular formula is C39H48ClN7O4. The van der Waals surface area contributed by atoms with E-state index in [4.69, 9.17) is 19.2 Å². The van der Waals surface area contributed by atoms with Crippen LogP contribution in [0.1, 0.15) is 35.2 Å². The van der Waals surface area contributed by atoms with Crippen LogP contribution in [0.4, 0.5) is 5.95 Å². The van der Waals surface area contributed by atoms with Crippen LogP contribution in [-0.2, 0) is 18.5 Å². The second-order valence-electron chi connectivity index (χ2n) is 13.3. The van der Waals surface area contributed by atoms with Crippen molar-refractivity contribution in [2.24, 2.45) is 0 Å². The first kappa shape index (κ1) is 36.1. The van der Waals surface area contributed by atoms with Crippen LogP contribution in [0.25, 0.3) is 11.0 Å². The number of halogens is 1. The molecule has 5 aromatic rings. The second kappa shape index (κ2) is 16.1. The summed E-state index contributed by atoms with van der Waals surface area (Å²) in [6.45, 7) is 7.86. The average molecular weight is 714 g/mol. The number of likely N-dealkylation sites (tertiary alicyclic amines) is 1. The summed E-state index contributed by atoms with van der Waals surface area (Å²) in [5.74, 6) is 2.46. The van der Waals surface area contributed by atoms with Crippen LogP contribution in [0.15, 0.2) is 85.5 Å². The number of methoxy groups -OCH3 is 3. The number of fused-ring (bicyclic) bond motifs is 1. The lowest BCUT2D eigenvalue weighted by Gasteiger charge is -2.33. The molecule has 0 radical (unpaired) electrons. The van der Waals surface area contributed by atoms with Gasteiger partial charge >= 0.3 is 0 Å². The monoisotopic (exact) mass is 713 g/mol. The maximum absolute atomic E-state index is 14.0. The Bertz CT molecular complexity index is 1880. The molecule has 1 atom stereocenters. The van der Waals surface area contributed by atoms with Crippen molar-refractivity contribution in [2.75, 3.05) is 72.0 Å². The van der Waals surface area contributed by atoms with E-state index < -0.39 is 0 Å². The van der Waals surface area contributed by atoms with Crippen LogP contribution in [0.2, 0.25) is 0 Å². The number of anilines is 1. The molecule has 1 unspecified atom stereocenters. The molecule has 3 aromatic carbocycles. The van der Waals surface area contributed by atoms with Gasteiger partial charge in [-0.25, -0.2) is 9.97 Å². The Morgan fingerprint density at radius 3 is 2.33 bits per heavy atom. The maximum atomic E-state index is 14.0. The SMILES string of the molecule is COc1cc(C(=O)N2CCC(CCN3CCCN(c4nc5ccccc5n4CCn4ccnc4)CC3)(c3ccccc3)C2)cc(OC)c1OC.Cl. The van der Waals surface area contributed by atoms with Gasteiger partial charge in [0.1, 0.15) is 0 Å². The number of carbonyl (C=O) groups is 1. The van der Waals surface area contributed by atoms with E-state index in [1.165, 1.54) is 11.1 Å². The minimum Gasteiger partial charge on any atom is -0.493 e. The molecule has 11 nitrogen and oxygen atoms in total. The number of benzene rings is 3. The maximum Gasteiger partial charge on any atom is 0.254 e. The van der Waals surface area contributed by atoms with Crippen LogP contribution in [0.3, 0.4) is 0 Å². The number of nitrogens with zero attached hydrogens (tertiary/aromatic N) is 7. The molecule has 12 heteroatoms. The van der Waals surface area contributed by atoms with Gasteiger partial charge in [-0.2, -0.15) is 0 Å². The van der Waals surface area contributed by atoms with E-state index in [1.807, 2.05) is 23.6 Å². The smallest absolute Gasteiger partial charge is 0.254 e. The highest BCUT2D eigenvalue weighted by molar-refractivity contribution is 5.96. The van der Waals surface area contributed by atoms with Gasteiger partial charge in [-0.05, 0) is 62.2 Å². The molecule has 1 amide bonds. The number of carbonyl (C=O) groups excluding carboxylic acids is 1. The molecule has 2 fully saturated rings. The van der Waals surface area contributed by atoms with Gasteiger partial charge in [0.05, 0.1) is 38.7 Å². The fourth-order valence-electron chi connectivity index (χ4n) is 7.73. The van der Waals surface area contributed by atoms with Crippen LogP contribution in [0, 0.1) is 0 Å². The summed E-state index contributed by atoms with van der Waals surface area (Å²) in [5.41, 5.74) is 3.90. The molecule has 0 bridgehead atoms. The molecule has 4 heterocycles. The molecule has 0 saturated carbocycles. The largest absolute Gasteiger partial charge is 0.493 e. The van der Waals surface area contributed by atoms with E-state index in [0.717, 1.165) is 76.5 Å². The van der Waals surface area contributed by atoms with Crippen molar-refractivity contribution in [3.63, 3.8) is 0 Å². The third-order valence-corrected chi connectivity index (χ3v) is 10.5. The Hall–Kier alpha value is -4.74. The van der Waals surface area contributed by atoms with E-state index in [0.29, 0.717) is 35.9 Å². The molecule has 51 heavy (non-hydrogen) atoms. The first-order valence-electron chi connectivity index (χ1n) is 17.5. The second-order valence-corrected chi connectivity index (χ2v) is 13.3. The molecule has 270 valence electrons. The number of hydrogen-bond acceptors (Lipinski definition) is 8. The molecule has 7 rings (SSSR count). The minimum atomic E-state index is -0.134. The summed E-state index contributed by atoms with van der Waals surface area (Å²) >= 11 is 0. The van der Waals surface area contributed by atoms with Crippen molar-refractivity contribution in [1.82, 2.24) is 28.9 Å². The van der Waals surface area contributed by atoms with Gasteiger partial charge in [-0.1, -0.05) is 42.5 Å². The lowest BCUT2D eigenvalue weighted by atomic mass is 9.76. The standard InChI is InChI=1S/C39H47N7O4.ClH/c1-48-34-26-30(27-35(49-2)36(34)50-3)37(47)45-20-15-39(28-45,31-10-5-4-6-11-31)14-19-42-17-9-18-44(24-22-42)38-41-32-12-7-8-13-33(32)46(38)25-23-43-21-16-40-29-43;/h4-8,10-13,16,21,26-27,29H,9,14-15,17-20,22-25,28H2,1-3H3;1H. The van der Waals surface area contributed by atoms with Gasteiger partial charge in [-0.15, -0.1) is 12.4 Å². The van der Waals surface area contributed by atoms with Crippen LogP contribution in [-0.4, -0.2) is 102 Å².